The predicted molar refractivity (Wildman–Crippen MR) is 71.4 cm³/mol. The molecule has 1 heterocycles. The zero-order valence-electron chi connectivity index (χ0n) is 9.41. The van der Waals surface area contributed by atoms with Crippen LogP contribution in [-0.4, -0.2) is 0 Å². The summed E-state index contributed by atoms with van der Waals surface area (Å²) >= 11 is 5.97. The molecule has 0 unspecified atom stereocenters. The van der Waals surface area contributed by atoms with Gasteiger partial charge in [-0.1, -0.05) is 41.9 Å². The molecular weight excluding hydrogens is 232 g/mol. The lowest BCUT2D eigenvalue weighted by Gasteiger charge is -1.96. The van der Waals surface area contributed by atoms with Crippen molar-refractivity contribution in [2.45, 2.75) is 6.92 Å². The molecule has 1 nitrogen and oxygen atoms in total. The van der Waals surface area contributed by atoms with Gasteiger partial charge >= 0.3 is 0 Å². The number of hydrogen-bond donors (Lipinski definition) is 0. The first-order valence-corrected chi connectivity index (χ1v) is 5.87. The highest BCUT2D eigenvalue weighted by molar-refractivity contribution is 6.31. The number of hydrogen-bond acceptors (Lipinski definition) is 1. The Balaban J connectivity index is 2.28. The molecule has 0 saturated carbocycles. The quantitative estimate of drug-likeness (QED) is 0.581. The van der Waals surface area contributed by atoms with E-state index in [0.29, 0.717) is 5.02 Å². The van der Waals surface area contributed by atoms with Crippen LogP contribution in [0.2, 0.25) is 5.02 Å². The Hall–Kier alpha value is -1.73. The summed E-state index contributed by atoms with van der Waals surface area (Å²) in [4.78, 5) is 0. The topological polar surface area (TPSA) is 13.1 Å². The van der Waals surface area contributed by atoms with Crippen molar-refractivity contribution in [1.29, 1.82) is 0 Å². The standard InChI is InChI=1S/C15H11ClO/c1-10-13-8-7-12(16)9-14(13)17-15(10)11-5-3-2-4-6-11/h2-9H,1H3. The molecular formula is C15H11ClO. The second kappa shape index (κ2) is 3.94. The largest absolute Gasteiger partial charge is 0.456 e. The summed E-state index contributed by atoms with van der Waals surface area (Å²) < 4.78 is 5.88. The first-order chi connectivity index (χ1) is 8.25. The lowest BCUT2D eigenvalue weighted by molar-refractivity contribution is 0.629. The molecule has 0 aliphatic heterocycles. The summed E-state index contributed by atoms with van der Waals surface area (Å²) in [5.74, 6) is 0.919. The van der Waals surface area contributed by atoms with Crippen molar-refractivity contribution in [3.05, 3.63) is 59.1 Å². The molecule has 0 amide bonds. The van der Waals surface area contributed by atoms with Crippen LogP contribution in [0.3, 0.4) is 0 Å². The maximum atomic E-state index is 5.97. The average molecular weight is 243 g/mol. The highest BCUT2D eigenvalue weighted by atomic mass is 35.5. The van der Waals surface area contributed by atoms with E-state index in [2.05, 4.69) is 6.92 Å². The lowest BCUT2D eigenvalue weighted by Crippen LogP contribution is -1.75. The number of benzene rings is 2. The molecule has 0 saturated heterocycles. The van der Waals surface area contributed by atoms with E-state index in [-0.39, 0.29) is 0 Å². The first kappa shape index (κ1) is 10.4. The van der Waals surface area contributed by atoms with Crippen LogP contribution in [0.4, 0.5) is 0 Å². The second-order valence-electron chi connectivity index (χ2n) is 4.06. The Morgan fingerprint density at radius 3 is 2.53 bits per heavy atom. The van der Waals surface area contributed by atoms with Crippen molar-refractivity contribution in [2.75, 3.05) is 0 Å². The summed E-state index contributed by atoms with van der Waals surface area (Å²) in [6, 6.07) is 15.9. The zero-order chi connectivity index (χ0) is 11.8. The molecule has 3 rings (SSSR count). The molecule has 0 radical (unpaired) electrons. The van der Waals surface area contributed by atoms with Gasteiger partial charge in [0.05, 0.1) is 0 Å². The van der Waals surface area contributed by atoms with Crippen LogP contribution in [-0.2, 0) is 0 Å². The van der Waals surface area contributed by atoms with E-state index in [1.54, 1.807) is 0 Å². The van der Waals surface area contributed by atoms with Gasteiger partial charge in [-0.2, -0.15) is 0 Å². The van der Waals surface area contributed by atoms with Gasteiger partial charge in [0.2, 0.25) is 0 Å². The first-order valence-electron chi connectivity index (χ1n) is 5.50. The van der Waals surface area contributed by atoms with Crippen LogP contribution < -0.4 is 0 Å². The fourth-order valence-corrected chi connectivity index (χ4v) is 2.23. The molecule has 3 aromatic rings. The molecule has 1 aromatic heterocycles. The molecule has 0 spiro atoms. The van der Waals surface area contributed by atoms with Crippen molar-refractivity contribution in [1.82, 2.24) is 0 Å². The van der Waals surface area contributed by atoms with Gasteiger partial charge in [-0.3, -0.25) is 0 Å². The van der Waals surface area contributed by atoms with E-state index in [0.717, 1.165) is 27.9 Å². The van der Waals surface area contributed by atoms with E-state index >= 15 is 0 Å². The summed E-state index contributed by atoms with van der Waals surface area (Å²) in [5, 5.41) is 1.82. The normalized spacial score (nSPS) is 10.9. The summed E-state index contributed by atoms with van der Waals surface area (Å²) in [5.41, 5.74) is 3.09. The van der Waals surface area contributed by atoms with Crippen LogP contribution in [0.5, 0.6) is 0 Å². The van der Waals surface area contributed by atoms with Crippen molar-refractivity contribution >= 4 is 22.6 Å². The van der Waals surface area contributed by atoms with Gasteiger partial charge in [0.1, 0.15) is 11.3 Å². The molecule has 84 valence electrons. The van der Waals surface area contributed by atoms with Crippen molar-refractivity contribution in [2.24, 2.45) is 0 Å². The molecule has 2 heteroatoms. The van der Waals surface area contributed by atoms with Crippen molar-refractivity contribution in [3.63, 3.8) is 0 Å². The van der Waals surface area contributed by atoms with Crippen LogP contribution >= 0.6 is 11.6 Å². The zero-order valence-corrected chi connectivity index (χ0v) is 10.2. The molecule has 2 aromatic carbocycles. The van der Waals surface area contributed by atoms with Gasteiger partial charge in [-0.05, 0) is 19.1 Å². The average Bonchev–Trinajstić information content (AvgIpc) is 2.67. The lowest BCUT2D eigenvalue weighted by atomic mass is 10.1. The van der Waals surface area contributed by atoms with Gasteiger partial charge in [-0.15, -0.1) is 0 Å². The van der Waals surface area contributed by atoms with Gasteiger partial charge in [0, 0.05) is 27.6 Å². The number of aryl methyl sites for hydroxylation is 1. The highest BCUT2D eigenvalue weighted by Crippen LogP contribution is 2.33. The van der Waals surface area contributed by atoms with Gasteiger partial charge < -0.3 is 4.42 Å². The van der Waals surface area contributed by atoms with Crippen LogP contribution in [0.25, 0.3) is 22.3 Å². The minimum absolute atomic E-state index is 0.700. The minimum Gasteiger partial charge on any atom is -0.456 e. The van der Waals surface area contributed by atoms with E-state index in [4.69, 9.17) is 16.0 Å². The predicted octanol–water partition coefficient (Wildman–Crippen LogP) is 5.06. The van der Waals surface area contributed by atoms with Crippen LogP contribution in [0, 0.1) is 6.92 Å². The number of fused-ring (bicyclic) bond motifs is 1. The third kappa shape index (κ3) is 1.73. The monoisotopic (exact) mass is 242 g/mol. The number of rotatable bonds is 1. The molecule has 0 aliphatic carbocycles. The third-order valence-electron chi connectivity index (χ3n) is 2.94. The number of furan rings is 1. The Labute approximate surface area is 105 Å². The van der Waals surface area contributed by atoms with E-state index in [9.17, 15) is 0 Å². The summed E-state index contributed by atoms with van der Waals surface area (Å²) in [6.07, 6.45) is 0. The third-order valence-corrected chi connectivity index (χ3v) is 3.17. The van der Waals surface area contributed by atoms with Crippen molar-refractivity contribution < 1.29 is 4.42 Å². The fraction of sp³-hybridized carbons (Fsp3) is 0.0667. The molecule has 17 heavy (non-hydrogen) atoms. The van der Waals surface area contributed by atoms with Gasteiger partial charge in [0.25, 0.3) is 0 Å². The van der Waals surface area contributed by atoms with Gasteiger partial charge in [0.15, 0.2) is 0 Å². The van der Waals surface area contributed by atoms with E-state index < -0.39 is 0 Å². The Morgan fingerprint density at radius 2 is 1.76 bits per heavy atom. The highest BCUT2D eigenvalue weighted by Gasteiger charge is 2.11. The fourth-order valence-electron chi connectivity index (χ4n) is 2.06. The molecule has 0 aliphatic rings. The van der Waals surface area contributed by atoms with Crippen LogP contribution in [0.1, 0.15) is 5.56 Å². The Morgan fingerprint density at radius 1 is 1.00 bits per heavy atom. The van der Waals surface area contributed by atoms with E-state index in [1.165, 1.54) is 0 Å². The summed E-state index contributed by atoms with van der Waals surface area (Å²) in [7, 11) is 0. The molecule has 0 fully saturated rings. The van der Waals surface area contributed by atoms with Crippen molar-refractivity contribution in [3.8, 4) is 11.3 Å². The maximum absolute atomic E-state index is 5.97. The Bertz CT molecular complexity index is 668. The SMILES string of the molecule is Cc1c(-c2ccccc2)oc2cc(Cl)ccc12. The maximum Gasteiger partial charge on any atom is 0.138 e. The minimum atomic E-state index is 0.700. The van der Waals surface area contributed by atoms with Crippen LogP contribution in [0.15, 0.2) is 52.9 Å². The molecule has 0 atom stereocenters. The molecule has 0 bridgehead atoms. The smallest absolute Gasteiger partial charge is 0.138 e. The summed E-state index contributed by atoms with van der Waals surface area (Å²) in [6.45, 7) is 2.07. The Kier molecular flexibility index (Phi) is 2.41. The second-order valence-corrected chi connectivity index (χ2v) is 4.50. The van der Waals surface area contributed by atoms with Gasteiger partial charge in [-0.25, -0.2) is 0 Å². The number of halogens is 1. The molecule has 0 N–H and O–H groups in total. The van der Waals surface area contributed by atoms with E-state index in [1.807, 2.05) is 48.5 Å².